The quantitative estimate of drug-likeness (QED) is 0.582. The minimum Gasteiger partial charge on any atom is -0.382 e. The Labute approximate surface area is 129 Å². The van der Waals surface area contributed by atoms with Gasteiger partial charge < -0.3 is 14.8 Å². The molecule has 1 heterocycles. The lowest BCUT2D eigenvalue weighted by atomic mass is 9.89. The Hall–Kier alpha value is -0.170. The van der Waals surface area contributed by atoms with Gasteiger partial charge in [-0.05, 0) is 43.7 Å². The van der Waals surface area contributed by atoms with E-state index in [2.05, 4.69) is 19.2 Å². The second-order valence-electron chi connectivity index (χ2n) is 6.37. The van der Waals surface area contributed by atoms with Crippen molar-refractivity contribution in [1.29, 1.82) is 0 Å². The van der Waals surface area contributed by atoms with Crippen LogP contribution in [0.3, 0.4) is 0 Å². The van der Waals surface area contributed by atoms with Crippen molar-refractivity contribution >= 4 is 9.84 Å². The summed E-state index contributed by atoms with van der Waals surface area (Å²) < 4.78 is 33.8. The molecule has 2 unspecified atom stereocenters. The molecule has 1 fully saturated rings. The SMILES string of the molecule is COCCOCCC(CNCC(C)C)C1CCS(=O)(=O)C1. The zero-order chi connectivity index (χ0) is 15.7. The summed E-state index contributed by atoms with van der Waals surface area (Å²) in [5.41, 5.74) is 0. The third kappa shape index (κ3) is 8.14. The fourth-order valence-corrected chi connectivity index (χ4v) is 4.66. The van der Waals surface area contributed by atoms with E-state index in [1.165, 1.54) is 0 Å². The number of rotatable bonds is 11. The van der Waals surface area contributed by atoms with Crippen molar-refractivity contribution < 1.29 is 17.9 Å². The molecule has 1 aliphatic heterocycles. The van der Waals surface area contributed by atoms with Crippen molar-refractivity contribution in [3.63, 3.8) is 0 Å². The maximum Gasteiger partial charge on any atom is 0.150 e. The highest BCUT2D eigenvalue weighted by molar-refractivity contribution is 7.91. The van der Waals surface area contributed by atoms with Crippen LogP contribution < -0.4 is 5.32 Å². The lowest BCUT2D eigenvalue weighted by Gasteiger charge is -2.23. The summed E-state index contributed by atoms with van der Waals surface area (Å²) in [4.78, 5) is 0. The van der Waals surface area contributed by atoms with Gasteiger partial charge in [-0.2, -0.15) is 0 Å². The molecule has 1 rings (SSSR count). The molecule has 1 aliphatic rings. The molecule has 126 valence electrons. The Kier molecular flexibility index (Phi) is 8.78. The van der Waals surface area contributed by atoms with Gasteiger partial charge in [0.2, 0.25) is 0 Å². The highest BCUT2D eigenvalue weighted by Crippen LogP contribution is 2.28. The van der Waals surface area contributed by atoms with E-state index >= 15 is 0 Å². The molecule has 0 aromatic carbocycles. The van der Waals surface area contributed by atoms with Crippen LogP contribution in [0.25, 0.3) is 0 Å². The van der Waals surface area contributed by atoms with E-state index in [4.69, 9.17) is 9.47 Å². The summed E-state index contributed by atoms with van der Waals surface area (Å²) in [7, 11) is -1.15. The van der Waals surface area contributed by atoms with Gasteiger partial charge in [-0.25, -0.2) is 8.42 Å². The predicted octanol–water partition coefficient (Wildman–Crippen LogP) is 1.34. The number of nitrogens with one attached hydrogen (secondary N) is 1. The molecule has 0 bridgehead atoms. The smallest absolute Gasteiger partial charge is 0.150 e. The van der Waals surface area contributed by atoms with E-state index in [-0.39, 0.29) is 5.92 Å². The summed E-state index contributed by atoms with van der Waals surface area (Å²) in [6.07, 6.45) is 1.71. The molecule has 0 radical (unpaired) electrons. The summed E-state index contributed by atoms with van der Waals surface area (Å²) >= 11 is 0. The van der Waals surface area contributed by atoms with Gasteiger partial charge in [0.05, 0.1) is 24.7 Å². The van der Waals surface area contributed by atoms with Crippen LogP contribution in [0.5, 0.6) is 0 Å². The molecular formula is C15H31NO4S. The van der Waals surface area contributed by atoms with Gasteiger partial charge in [0.25, 0.3) is 0 Å². The molecule has 0 amide bonds. The first-order chi connectivity index (χ1) is 9.94. The first-order valence-corrected chi connectivity index (χ1v) is 9.74. The van der Waals surface area contributed by atoms with Crippen molar-refractivity contribution in [2.75, 3.05) is 51.5 Å². The van der Waals surface area contributed by atoms with Gasteiger partial charge in [0, 0.05) is 13.7 Å². The first-order valence-electron chi connectivity index (χ1n) is 7.92. The van der Waals surface area contributed by atoms with Crippen molar-refractivity contribution in [2.45, 2.75) is 26.7 Å². The summed E-state index contributed by atoms with van der Waals surface area (Å²) in [5, 5.41) is 3.47. The van der Waals surface area contributed by atoms with Crippen LogP contribution in [-0.2, 0) is 19.3 Å². The second kappa shape index (κ2) is 9.77. The normalized spacial score (nSPS) is 22.8. The largest absolute Gasteiger partial charge is 0.382 e. The van der Waals surface area contributed by atoms with Crippen LogP contribution in [0.2, 0.25) is 0 Å². The molecule has 2 atom stereocenters. The summed E-state index contributed by atoms with van der Waals surface area (Å²) in [5.74, 6) is 1.96. The molecular weight excluding hydrogens is 290 g/mol. The number of sulfone groups is 1. The molecule has 6 heteroatoms. The number of methoxy groups -OCH3 is 1. The topological polar surface area (TPSA) is 64.6 Å². The van der Waals surface area contributed by atoms with Gasteiger partial charge >= 0.3 is 0 Å². The lowest BCUT2D eigenvalue weighted by molar-refractivity contribution is 0.0602. The summed E-state index contributed by atoms with van der Waals surface area (Å²) in [6.45, 7) is 8.09. The maximum atomic E-state index is 11.7. The van der Waals surface area contributed by atoms with Crippen LogP contribution in [0.4, 0.5) is 0 Å². The van der Waals surface area contributed by atoms with Crippen molar-refractivity contribution in [1.82, 2.24) is 5.32 Å². The third-order valence-electron chi connectivity index (χ3n) is 3.96. The lowest BCUT2D eigenvalue weighted by Crippen LogP contribution is -2.32. The van der Waals surface area contributed by atoms with Gasteiger partial charge in [0.1, 0.15) is 0 Å². The molecule has 1 N–H and O–H groups in total. The Morgan fingerprint density at radius 3 is 2.52 bits per heavy atom. The zero-order valence-corrected chi connectivity index (χ0v) is 14.5. The first kappa shape index (κ1) is 18.9. The third-order valence-corrected chi connectivity index (χ3v) is 5.75. The van der Waals surface area contributed by atoms with Gasteiger partial charge in [0.15, 0.2) is 9.84 Å². The van der Waals surface area contributed by atoms with Crippen molar-refractivity contribution in [3.8, 4) is 0 Å². The number of hydrogen-bond acceptors (Lipinski definition) is 5. The van der Waals surface area contributed by atoms with Crippen LogP contribution in [0.15, 0.2) is 0 Å². The van der Waals surface area contributed by atoms with Gasteiger partial charge in [-0.15, -0.1) is 0 Å². The minimum atomic E-state index is -2.81. The maximum absolute atomic E-state index is 11.7. The Morgan fingerprint density at radius 1 is 1.19 bits per heavy atom. The zero-order valence-electron chi connectivity index (χ0n) is 13.6. The minimum absolute atomic E-state index is 0.278. The fourth-order valence-electron chi connectivity index (χ4n) is 2.74. The molecule has 0 aromatic heterocycles. The summed E-state index contributed by atoms with van der Waals surface area (Å²) in [6, 6.07) is 0. The second-order valence-corrected chi connectivity index (χ2v) is 8.60. The highest BCUT2D eigenvalue weighted by Gasteiger charge is 2.33. The number of ether oxygens (including phenoxy) is 2. The molecule has 0 aromatic rings. The standard InChI is InChI=1S/C15H31NO4S/c1-13(2)10-16-11-14(4-6-20-8-7-19-3)15-5-9-21(17,18)12-15/h13-16H,4-12H2,1-3H3. The van der Waals surface area contributed by atoms with Crippen LogP contribution in [0, 0.1) is 17.8 Å². The monoisotopic (exact) mass is 321 g/mol. The molecule has 21 heavy (non-hydrogen) atoms. The van der Waals surface area contributed by atoms with Crippen LogP contribution in [-0.4, -0.2) is 59.9 Å². The highest BCUT2D eigenvalue weighted by atomic mass is 32.2. The van der Waals surface area contributed by atoms with E-state index < -0.39 is 9.84 Å². The Bertz CT molecular complexity index is 370. The molecule has 0 aliphatic carbocycles. The Balaban J connectivity index is 2.38. The van der Waals surface area contributed by atoms with E-state index in [0.717, 1.165) is 25.9 Å². The molecule has 0 saturated carbocycles. The van der Waals surface area contributed by atoms with E-state index in [1.54, 1.807) is 7.11 Å². The number of hydrogen-bond donors (Lipinski definition) is 1. The van der Waals surface area contributed by atoms with Crippen molar-refractivity contribution in [2.24, 2.45) is 17.8 Å². The average molecular weight is 321 g/mol. The average Bonchev–Trinajstić information content (AvgIpc) is 2.76. The van der Waals surface area contributed by atoms with E-state index in [0.29, 0.717) is 43.2 Å². The molecule has 1 saturated heterocycles. The van der Waals surface area contributed by atoms with Crippen LogP contribution in [0.1, 0.15) is 26.7 Å². The predicted molar refractivity (Wildman–Crippen MR) is 85.3 cm³/mol. The van der Waals surface area contributed by atoms with E-state index in [9.17, 15) is 8.42 Å². The van der Waals surface area contributed by atoms with Crippen LogP contribution >= 0.6 is 0 Å². The van der Waals surface area contributed by atoms with Gasteiger partial charge in [-0.1, -0.05) is 13.8 Å². The van der Waals surface area contributed by atoms with E-state index in [1.807, 2.05) is 0 Å². The fraction of sp³-hybridized carbons (Fsp3) is 1.00. The Morgan fingerprint density at radius 2 is 1.95 bits per heavy atom. The molecule has 5 nitrogen and oxygen atoms in total. The van der Waals surface area contributed by atoms with Gasteiger partial charge in [-0.3, -0.25) is 0 Å². The molecule has 0 spiro atoms. The van der Waals surface area contributed by atoms with Crippen molar-refractivity contribution in [3.05, 3.63) is 0 Å².